The molecule has 0 aliphatic rings. The maximum absolute atomic E-state index is 5.36. The minimum atomic E-state index is 0.381. The average molecular weight is 410 g/mol. The monoisotopic (exact) mass is 408 g/mol. The van der Waals surface area contributed by atoms with Crippen LogP contribution in [0.4, 0.5) is 0 Å². The fourth-order valence-electron chi connectivity index (χ4n) is 2.79. The highest BCUT2D eigenvalue weighted by atomic mass is 79.9. The Bertz CT molecular complexity index is 210. The molecular weight excluding hydrogens is 368 g/mol. The number of unbranched alkanes of at least 4 members (excludes halogenated alkanes) is 13. The van der Waals surface area contributed by atoms with Crippen LogP contribution in [0, 0.1) is 0 Å². The molecule has 0 heterocycles. The van der Waals surface area contributed by atoms with Gasteiger partial charge in [-0.1, -0.05) is 106 Å². The Kier molecular flexibility index (Phi) is 21.5. The van der Waals surface area contributed by atoms with Crippen LogP contribution in [0.3, 0.4) is 0 Å². The molecule has 0 bridgehead atoms. The number of rotatable bonds is 19. The highest BCUT2D eigenvalue weighted by Gasteiger charge is 2.04. The topological polar surface area (TPSA) is 9.23 Å². The molecule has 1 atom stereocenters. The first kappa shape index (κ1) is 23.8. The Balaban J connectivity index is 3.02. The van der Waals surface area contributed by atoms with Crippen LogP contribution in [-0.4, -0.2) is 30.0 Å². The lowest BCUT2D eigenvalue weighted by Crippen LogP contribution is -2.15. The molecule has 0 aliphatic carbocycles. The van der Waals surface area contributed by atoms with Gasteiger partial charge in [0, 0.05) is 18.2 Å². The van der Waals surface area contributed by atoms with E-state index in [-0.39, 0.29) is 0 Å². The van der Waals surface area contributed by atoms with Crippen molar-refractivity contribution in [3.63, 3.8) is 0 Å². The van der Waals surface area contributed by atoms with Crippen molar-refractivity contribution in [3.05, 3.63) is 0 Å². The summed E-state index contributed by atoms with van der Waals surface area (Å²) < 4.78 is 5.36. The molecule has 0 saturated heterocycles. The van der Waals surface area contributed by atoms with E-state index in [1.54, 1.807) is 7.11 Å². The van der Waals surface area contributed by atoms with Crippen LogP contribution in [-0.2, 0) is 4.74 Å². The van der Waals surface area contributed by atoms with Gasteiger partial charge < -0.3 is 4.74 Å². The van der Waals surface area contributed by atoms with E-state index in [1.807, 2.05) is 11.8 Å². The van der Waals surface area contributed by atoms with Crippen LogP contribution >= 0.6 is 27.7 Å². The van der Waals surface area contributed by atoms with Gasteiger partial charge in [-0.25, -0.2) is 0 Å². The van der Waals surface area contributed by atoms with Crippen LogP contribution < -0.4 is 0 Å². The summed E-state index contributed by atoms with van der Waals surface area (Å²) in [6, 6.07) is 0. The maximum atomic E-state index is 5.36. The van der Waals surface area contributed by atoms with E-state index < -0.39 is 0 Å². The summed E-state index contributed by atoms with van der Waals surface area (Å²) in [5.41, 5.74) is 0. The maximum Gasteiger partial charge on any atom is 0.0758 e. The van der Waals surface area contributed by atoms with Crippen LogP contribution in [0.2, 0.25) is 0 Å². The Hall–Kier alpha value is 0.790. The Morgan fingerprint density at radius 2 is 1.17 bits per heavy atom. The number of hydrogen-bond donors (Lipinski definition) is 0. The first-order valence-corrected chi connectivity index (χ1v) is 12.3. The number of alkyl halides is 1. The van der Waals surface area contributed by atoms with Gasteiger partial charge >= 0.3 is 0 Å². The molecule has 140 valence electrons. The Labute approximate surface area is 159 Å². The lowest BCUT2D eigenvalue weighted by Gasteiger charge is -2.11. The molecule has 0 rings (SSSR count). The largest absolute Gasteiger partial charge is 0.380 e. The average Bonchev–Trinajstić information content (AvgIpc) is 2.58. The van der Waals surface area contributed by atoms with Crippen molar-refractivity contribution < 1.29 is 4.74 Å². The molecule has 0 fully saturated rings. The van der Waals surface area contributed by atoms with Crippen molar-refractivity contribution in [2.24, 2.45) is 0 Å². The molecule has 0 aromatic carbocycles. The summed E-state index contributed by atoms with van der Waals surface area (Å²) >= 11 is 5.52. The van der Waals surface area contributed by atoms with E-state index in [0.717, 1.165) is 11.1 Å². The molecule has 0 spiro atoms. The van der Waals surface area contributed by atoms with Gasteiger partial charge in [0.1, 0.15) is 0 Å². The molecule has 0 N–H and O–H groups in total. The van der Waals surface area contributed by atoms with Gasteiger partial charge in [0.2, 0.25) is 0 Å². The van der Waals surface area contributed by atoms with E-state index in [9.17, 15) is 0 Å². The minimum absolute atomic E-state index is 0.381. The smallest absolute Gasteiger partial charge is 0.0758 e. The predicted molar refractivity (Wildman–Crippen MR) is 112 cm³/mol. The van der Waals surface area contributed by atoms with Crippen molar-refractivity contribution in [2.45, 2.75) is 103 Å². The van der Waals surface area contributed by atoms with Gasteiger partial charge in [0.05, 0.1) is 6.10 Å². The Morgan fingerprint density at radius 1 is 0.739 bits per heavy atom. The van der Waals surface area contributed by atoms with E-state index in [2.05, 4.69) is 22.9 Å². The van der Waals surface area contributed by atoms with Gasteiger partial charge in [0.25, 0.3) is 0 Å². The molecule has 0 aliphatic heterocycles. The lowest BCUT2D eigenvalue weighted by molar-refractivity contribution is 0.142. The van der Waals surface area contributed by atoms with Gasteiger partial charge in [0.15, 0.2) is 0 Å². The molecule has 3 heteroatoms. The molecule has 1 unspecified atom stereocenters. The SMILES string of the molecule is CCCCCCCCCCCCCCCCSCC(CBr)OC. The van der Waals surface area contributed by atoms with Crippen molar-refractivity contribution in [1.82, 2.24) is 0 Å². The standard InChI is InChI=1S/C20H41BrOS/c1-3-4-5-6-7-8-9-10-11-12-13-14-15-16-17-23-19-20(18-21)22-2/h20H,3-19H2,1-2H3. The Morgan fingerprint density at radius 3 is 1.57 bits per heavy atom. The number of methoxy groups -OCH3 is 1. The lowest BCUT2D eigenvalue weighted by atomic mass is 10.0. The third kappa shape index (κ3) is 19.0. The second-order valence-corrected chi connectivity index (χ2v) is 8.48. The van der Waals surface area contributed by atoms with E-state index in [1.165, 1.54) is 95.6 Å². The summed E-state index contributed by atoms with van der Waals surface area (Å²) in [6.45, 7) is 2.29. The number of hydrogen-bond acceptors (Lipinski definition) is 2. The second kappa shape index (κ2) is 20.8. The van der Waals surface area contributed by atoms with Crippen LogP contribution in [0.5, 0.6) is 0 Å². The fraction of sp³-hybridized carbons (Fsp3) is 1.00. The van der Waals surface area contributed by atoms with Crippen molar-refractivity contribution in [2.75, 3.05) is 23.9 Å². The second-order valence-electron chi connectivity index (χ2n) is 6.68. The van der Waals surface area contributed by atoms with E-state index in [4.69, 9.17) is 4.74 Å². The zero-order valence-corrected chi connectivity index (χ0v) is 18.2. The molecule has 0 amide bonds. The summed E-state index contributed by atoms with van der Waals surface area (Å²) in [5.74, 6) is 2.42. The number of ether oxygens (including phenoxy) is 1. The molecule has 23 heavy (non-hydrogen) atoms. The van der Waals surface area contributed by atoms with Crippen molar-refractivity contribution in [1.29, 1.82) is 0 Å². The predicted octanol–water partition coefficient (Wildman–Crippen LogP) is 7.61. The molecular formula is C20H41BrOS. The highest BCUT2D eigenvalue weighted by molar-refractivity contribution is 9.09. The van der Waals surface area contributed by atoms with Crippen molar-refractivity contribution >= 4 is 27.7 Å². The quantitative estimate of drug-likeness (QED) is 0.160. The highest BCUT2D eigenvalue weighted by Crippen LogP contribution is 2.14. The summed E-state index contributed by atoms with van der Waals surface area (Å²) in [7, 11) is 1.80. The molecule has 0 aromatic heterocycles. The minimum Gasteiger partial charge on any atom is -0.380 e. The van der Waals surface area contributed by atoms with E-state index >= 15 is 0 Å². The number of halogens is 1. The van der Waals surface area contributed by atoms with Crippen LogP contribution in [0.15, 0.2) is 0 Å². The first-order valence-electron chi connectivity index (χ1n) is 10.0. The van der Waals surface area contributed by atoms with Gasteiger partial charge in [-0.2, -0.15) is 11.8 Å². The van der Waals surface area contributed by atoms with E-state index in [0.29, 0.717) is 6.10 Å². The molecule has 0 aromatic rings. The summed E-state index contributed by atoms with van der Waals surface area (Å²) in [6.07, 6.45) is 20.6. The zero-order valence-electron chi connectivity index (χ0n) is 15.8. The van der Waals surface area contributed by atoms with Crippen LogP contribution in [0.25, 0.3) is 0 Å². The normalized spacial score (nSPS) is 12.7. The zero-order chi connectivity index (χ0) is 17.0. The number of thioether (sulfide) groups is 1. The first-order chi connectivity index (χ1) is 11.3. The molecule has 0 saturated carbocycles. The summed E-state index contributed by atoms with van der Waals surface area (Å²) in [4.78, 5) is 0. The van der Waals surface area contributed by atoms with Gasteiger partial charge in [-0.3, -0.25) is 0 Å². The van der Waals surface area contributed by atoms with Crippen LogP contribution in [0.1, 0.15) is 96.8 Å². The van der Waals surface area contributed by atoms with Crippen molar-refractivity contribution in [3.8, 4) is 0 Å². The third-order valence-corrected chi connectivity index (χ3v) is 6.36. The summed E-state index contributed by atoms with van der Waals surface area (Å²) in [5, 5.41) is 0.954. The molecule has 1 nitrogen and oxygen atoms in total. The van der Waals surface area contributed by atoms with Gasteiger partial charge in [-0.05, 0) is 12.2 Å². The fourth-order valence-corrected chi connectivity index (χ4v) is 4.68. The molecule has 0 radical (unpaired) electrons. The third-order valence-electron chi connectivity index (χ3n) is 4.45. The van der Waals surface area contributed by atoms with Gasteiger partial charge in [-0.15, -0.1) is 0 Å².